The maximum Gasteiger partial charge on any atom is 0.405 e. The van der Waals surface area contributed by atoms with Gasteiger partial charge in [0.25, 0.3) is 11.5 Å². The molecule has 2 amide bonds. The first-order chi connectivity index (χ1) is 18.0. The van der Waals surface area contributed by atoms with Crippen LogP contribution in [-0.4, -0.2) is 60.7 Å². The molecule has 0 bridgehead atoms. The molecule has 1 saturated heterocycles. The number of hydrogen-bond acceptors (Lipinski definition) is 7. The monoisotopic (exact) mass is 550 g/mol. The number of aromatic nitrogens is 1. The molecule has 38 heavy (non-hydrogen) atoms. The van der Waals surface area contributed by atoms with Crippen LogP contribution in [-0.2, 0) is 16.1 Å². The van der Waals surface area contributed by atoms with Gasteiger partial charge in [0, 0.05) is 31.2 Å². The maximum atomic E-state index is 12.9. The van der Waals surface area contributed by atoms with Crippen molar-refractivity contribution in [2.75, 3.05) is 43.4 Å². The lowest BCUT2D eigenvalue weighted by Gasteiger charge is -2.28. The van der Waals surface area contributed by atoms with Crippen molar-refractivity contribution in [1.29, 1.82) is 5.26 Å². The lowest BCUT2D eigenvalue weighted by Crippen LogP contribution is -2.40. The molecule has 0 radical (unpaired) electrons. The number of halogens is 3. The van der Waals surface area contributed by atoms with Gasteiger partial charge in [-0.25, -0.2) is 0 Å². The van der Waals surface area contributed by atoms with E-state index in [4.69, 9.17) is 0 Å². The van der Waals surface area contributed by atoms with Crippen LogP contribution in [0.1, 0.15) is 26.2 Å². The van der Waals surface area contributed by atoms with E-state index in [1.54, 1.807) is 54.5 Å². The number of amides is 2. The van der Waals surface area contributed by atoms with Gasteiger partial charge >= 0.3 is 6.18 Å². The Bertz CT molecular complexity index is 1390. The molecule has 0 aliphatic carbocycles. The fraction of sp³-hybridized carbons (Fsp3) is 0.440. The summed E-state index contributed by atoms with van der Waals surface area (Å²) in [5, 5.41) is 14.1. The zero-order valence-corrected chi connectivity index (χ0v) is 21.9. The van der Waals surface area contributed by atoms with E-state index in [9.17, 15) is 32.8 Å². The molecule has 2 N–H and O–H groups in total. The Morgan fingerprint density at radius 3 is 2.58 bits per heavy atom. The molecule has 1 aliphatic rings. The van der Waals surface area contributed by atoms with E-state index in [2.05, 4.69) is 10.2 Å². The van der Waals surface area contributed by atoms with E-state index in [1.807, 2.05) is 0 Å². The van der Waals surface area contributed by atoms with Crippen LogP contribution >= 0.6 is 11.3 Å². The van der Waals surface area contributed by atoms with Crippen LogP contribution in [0.2, 0.25) is 0 Å². The third kappa shape index (κ3) is 7.45. The number of rotatable bonds is 8. The van der Waals surface area contributed by atoms with Crippen molar-refractivity contribution < 1.29 is 22.8 Å². The molecule has 1 fully saturated rings. The molecule has 1 aromatic heterocycles. The standard InChI is InChI=1S/C25H29F3N6O3S/c1-3-34-23(37)20(38-24(34)19(13-29)22(36)31-16-25(26,27)28)14-30-17-8-7-9-18(12-17)32(2)21(35)15-33-10-5-4-6-11-33/h7-9,12,14,30H,3-6,10-11,15-16H2,1-2H3,(H,31,36). The molecule has 2 aromatic rings. The van der Waals surface area contributed by atoms with Crippen molar-refractivity contribution in [3.05, 3.63) is 43.8 Å². The van der Waals surface area contributed by atoms with Crippen LogP contribution in [0.5, 0.6) is 0 Å². The van der Waals surface area contributed by atoms with Crippen LogP contribution in [0.4, 0.5) is 24.5 Å². The minimum atomic E-state index is -4.64. The number of nitriles is 1. The highest BCUT2D eigenvalue weighted by Gasteiger charge is 2.29. The van der Waals surface area contributed by atoms with Crippen molar-refractivity contribution in [2.45, 2.75) is 38.9 Å². The van der Waals surface area contributed by atoms with Gasteiger partial charge < -0.3 is 15.5 Å². The third-order valence-corrected chi connectivity index (χ3v) is 7.14. The second-order valence-corrected chi connectivity index (χ2v) is 9.76. The number of alkyl halides is 3. The largest absolute Gasteiger partial charge is 0.405 e. The van der Waals surface area contributed by atoms with Gasteiger partial charge in [0.2, 0.25) is 5.91 Å². The second-order valence-electron chi connectivity index (χ2n) is 8.73. The minimum Gasteiger partial charge on any atom is -0.360 e. The number of likely N-dealkylation sites (tertiary alicyclic amines) is 1. The van der Waals surface area contributed by atoms with Crippen LogP contribution < -0.4 is 30.3 Å². The van der Waals surface area contributed by atoms with Gasteiger partial charge in [0.1, 0.15) is 21.8 Å². The summed E-state index contributed by atoms with van der Waals surface area (Å²) in [4.78, 5) is 41.6. The van der Waals surface area contributed by atoms with E-state index in [0.717, 1.165) is 41.8 Å². The van der Waals surface area contributed by atoms with E-state index < -0.39 is 29.8 Å². The van der Waals surface area contributed by atoms with Crippen molar-refractivity contribution in [1.82, 2.24) is 14.8 Å². The van der Waals surface area contributed by atoms with Crippen LogP contribution in [0.25, 0.3) is 11.8 Å². The summed E-state index contributed by atoms with van der Waals surface area (Å²) in [6, 6.07) is 8.65. The Morgan fingerprint density at radius 1 is 1.24 bits per heavy atom. The number of hydrogen-bond donors (Lipinski definition) is 2. The quantitative estimate of drug-likeness (QED) is 0.517. The smallest absolute Gasteiger partial charge is 0.360 e. The van der Waals surface area contributed by atoms with Crippen LogP contribution in [0, 0.1) is 11.3 Å². The number of piperidine rings is 1. The van der Waals surface area contributed by atoms with Crippen molar-refractivity contribution in [3.8, 4) is 6.07 Å². The normalized spacial score (nSPS) is 15.5. The van der Waals surface area contributed by atoms with Gasteiger partial charge in [-0.15, -0.1) is 11.3 Å². The highest BCUT2D eigenvalue weighted by molar-refractivity contribution is 7.07. The molecule has 1 aliphatic heterocycles. The Kier molecular flexibility index (Phi) is 9.71. The van der Waals surface area contributed by atoms with E-state index in [1.165, 1.54) is 12.6 Å². The molecule has 3 rings (SSSR count). The number of carbonyl (C=O) groups is 2. The summed E-state index contributed by atoms with van der Waals surface area (Å²) in [6.07, 6.45) is 0.116. The maximum absolute atomic E-state index is 12.9. The van der Waals surface area contributed by atoms with Crippen molar-refractivity contribution >= 4 is 46.3 Å². The highest BCUT2D eigenvalue weighted by Crippen LogP contribution is 2.19. The predicted octanol–water partition coefficient (Wildman–Crippen LogP) is 1.58. The molecule has 2 heterocycles. The SMILES string of the molecule is CCn1c(=C(C#N)C(=O)NCC(F)(F)F)sc(=CNc2cccc(N(C)C(=O)CN3CCCCC3)c2)c1=O. The topological polar surface area (TPSA) is 110 Å². The van der Waals surface area contributed by atoms with Crippen molar-refractivity contribution in [2.24, 2.45) is 0 Å². The number of nitrogens with one attached hydrogen (secondary N) is 2. The summed E-state index contributed by atoms with van der Waals surface area (Å²) < 4.78 is 38.8. The molecular formula is C25H29F3N6O3S. The number of anilines is 2. The lowest BCUT2D eigenvalue weighted by atomic mass is 10.1. The summed E-state index contributed by atoms with van der Waals surface area (Å²) in [5.74, 6) is -1.25. The second kappa shape index (κ2) is 12.7. The number of carbonyl (C=O) groups excluding carboxylic acids is 2. The molecule has 204 valence electrons. The van der Waals surface area contributed by atoms with Gasteiger partial charge in [-0.3, -0.25) is 23.9 Å². The molecule has 13 heteroatoms. The molecule has 1 aromatic carbocycles. The van der Waals surface area contributed by atoms with E-state index in [0.29, 0.717) is 17.9 Å². The molecule has 0 atom stereocenters. The number of benzene rings is 1. The summed E-state index contributed by atoms with van der Waals surface area (Å²) in [6.45, 7) is 2.29. The zero-order chi connectivity index (χ0) is 27.9. The molecular weight excluding hydrogens is 521 g/mol. The number of likely N-dealkylation sites (N-methyl/N-ethyl adjacent to an activating group) is 1. The van der Waals surface area contributed by atoms with Gasteiger partial charge in [0.15, 0.2) is 5.57 Å². The van der Waals surface area contributed by atoms with Crippen LogP contribution in [0.3, 0.4) is 0 Å². The number of thiazole rings is 1. The van der Waals surface area contributed by atoms with Crippen molar-refractivity contribution in [3.63, 3.8) is 0 Å². The first-order valence-electron chi connectivity index (χ1n) is 12.1. The summed E-state index contributed by atoms with van der Waals surface area (Å²) in [7, 11) is 1.70. The highest BCUT2D eigenvalue weighted by atomic mass is 32.1. The fourth-order valence-corrected chi connectivity index (χ4v) is 5.06. The lowest BCUT2D eigenvalue weighted by molar-refractivity contribution is -0.135. The van der Waals surface area contributed by atoms with Gasteiger partial charge in [-0.05, 0) is 51.1 Å². The van der Waals surface area contributed by atoms with Gasteiger partial charge in [0.05, 0.1) is 6.54 Å². The van der Waals surface area contributed by atoms with Gasteiger partial charge in [-0.2, -0.15) is 18.4 Å². The molecule has 0 spiro atoms. The Labute approximate surface area is 221 Å². The Hall–Kier alpha value is -3.63. The van der Waals surface area contributed by atoms with E-state index >= 15 is 0 Å². The van der Waals surface area contributed by atoms with Gasteiger partial charge in [-0.1, -0.05) is 12.5 Å². The summed E-state index contributed by atoms with van der Waals surface area (Å²) >= 11 is 0.820. The first-order valence-corrected chi connectivity index (χ1v) is 12.9. The Morgan fingerprint density at radius 2 is 1.95 bits per heavy atom. The molecule has 9 nitrogen and oxygen atoms in total. The number of nitrogens with zero attached hydrogens (tertiary/aromatic N) is 4. The first kappa shape index (κ1) is 28.9. The molecule has 0 saturated carbocycles. The zero-order valence-electron chi connectivity index (χ0n) is 21.1. The van der Waals surface area contributed by atoms with Crippen LogP contribution in [0.15, 0.2) is 29.1 Å². The summed E-state index contributed by atoms with van der Waals surface area (Å²) in [5.41, 5.74) is 0.171. The minimum absolute atomic E-state index is 0.0369. The average molecular weight is 551 g/mol. The fourth-order valence-electron chi connectivity index (χ4n) is 3.97. The molecule has 0 unspecified atom stereocenters. The average Bonchev–Trinajstić information content (AvgIpc) is 3.21. The Balaban J connectivity index is 1.84. The predicted molar refractivity (Wildman–Crippen MR) is 140 cm³/mol. The third-order valence-electron chi connectivity index (χ3n) is 6.01. The van der Waals surface area contributed by atoms with E-state index in [-0.39, 0.29) is 21.6 Å².